The van der Waals surface area contributed by atoms with Crippen LogP contribution in [-0.2, 0) is 4.79 Å². The lowest BCUT2D eigenvalue weighted by molar-refractivity contribution is -0.118. The maximum atomic E-state index is 12.9. The molecule has 3 aromatic carbocycles. The normalized spacial score (nSPS) is 11.5. The van der Waals surface area contributed by atoms with Gasteiger partial charge < -0.3 is 16.0 Å². The molecule has 0 radical (unpaired) electrons. The molecule has 0 aliphatic carbocycles. The van der Waals surface area contributed by atoms with Gasteiger partial charge in [0.1, 0.15) is 6.04 Å². The molecule has 1 atom stereocenters. The first-order valence-electron chi connectivity index (χ1n) is 10.5. The van der Waals surface area contributed by atoms with Crippen molar-refractivity contribution >= 4 is 29.1 Å². The number of anilines is 2. The molecule has 0 bridgehead atoms. The van der Waals surface area contributed by atoms with Crippen molar-refractivity contribution in [2.45, 2.75) is 26.8 Å². The Labute approximate surface area is 188 Å². The van der Waals surface area contributed by atoms with E-state index in [9.17, 15) is 14.4 Å². The van der Waals surface area contributed by atoms with Crippen LogP contribution in [-0.4, -0.2) is 23.8 Å². The number of carbonyl (C=O) groups excluding carboxylic acids is 3. The average molecular weight is 430 g/mol. The molecule has 0 aliphatic heterocycles. The molecule has 0 heterocycles. The van der Waals surface area contributed by atoms with Crippen LogP contribution in [0.25, 0.3) is 0 Å². The van der Waals surface area contributed by atoms with Gasteiger partial charge in [0.05, 0.1) is 0 Å². The van der Waals surface area contributed by atoms with Gasteiger partial charge in [-0.05, 0) is 55.3 Å². The zero-order chi connectivity index (χ0) is 23.1. The summed E-state index contributed by atoms with van der Waals surface area (Å²) >= 11 is 0. The minimum Gasteiger partial charge on any atom is -0.340 e. The van der Waals surface area contributed by atoms with Crippen molar-refractivity contribution in [3.8, 4) is 0 Å². The standard InChI is InChI=1S/C26H27N3O3/c1-17(2)23(29-25(31)20-12-7-9-18(3)15-20)26(32)28-22-14-8-13-21(16-22)27-24(30)19-10-5-4-6-11-19/h4-17,23H,1-3H3,(H,27,30)(H,28,32)(H,29,31). The fourth-order valence-electron chi connectivity index (χ4n) is 3.23. The highest BCUT2D eigenvalue weighted by Crippen LogP contribution is 2.17. The van der Waals surface area contributed by atoms with Gasteiger partial charge in [-0.25, -0.2) is 0 Å². The van der Waals surface area contributed by atoms with Crippen LogP contribution in [0.15, 0.2) is 78.9 Å². The molecule has 3 rings (SSSR count). The van der Waals surface area contributed by atoms with E-state index in [4.69, 9.17) is 0 Å². The van der Waals surface area contributed by atoms with Crippen LogP contribution in [0.3, 0.4) is 0 Å². The van der Waals surface area contributed by atoms with Crippen LogP contribution in [0.4, 0.5) is 11.4 Å². The SMILES string of the molecule is Cc1cccc(C(=O)NC(C(=O)Nc2cccc(NC(=O)c3ccccc3)c2)C(C)C)c1. The second-order valence-electron chi connectivity index (χ2n) is 7.95. The summed E-state index contributed by atoms with van der Waals surface area (Å²) in [6.45, 7) is 5.65. The summed E-state index contributed by atoms with van der Waals surface area (Å²) in [4.78, 5) is 37.9. The average Bonchev–Trinajstić information content (AvgIpc) is 2.77. The van der Waals surface area contributed by atoms with Crippen molar-refractivity contribution in [3.05, 3.63) is 95.6 Å². The molecular weight excluding hydrogens is 402 g/mol. The topological polar surface area (TPSA) is 87.3 Å². The molecule has 3 amide bonds. The van der Waals surface area contributed by atoms with Crippen LogP contribution in [0.2, 0.25) is 0 Å². The van der Waals surface area contributed by atoms with Gasteiger partial charge in [-0.1, -0.05) is 55.8 Å². The number of amides is 3. The fraction of sp³-hybridized carbons (Fsp3) is 0.192. The van der Waals surface area contributed by atoms with Gasteiger partial charge in [-0.3, -0.25) is 14.4 Å². The maximum absolute atomic E-state index is 12.9. The monoisotopic (exact) mass is 429 g/mol. The summed E-state index contributed by atoms with van der Waals surface area (Å²) in [5.41, 5.74) is 3.10. The van der Waals surface area contributed by atoms with Crippen LogP contribution >= 0.6 is 0 Å². The summed E-state index contributed by atoms with van der Waals surface area (Å²) < 4.78 is 0. The first-order chi connectivity index (χ1) is 15.3. The van der Waals surface area contributed by atoms with Gasteiger partial charge in [0, 0.05) is 22.5 Å². The molecule has 0 spiro atoms. The zero-order valence-corrected chi connectivity index (χ0v) is 18.4. The number of hydrogen-bond acceptors (Lipinski definition) is 3. The second-order valence-corrected chi connectivity index (χ2v) is 7.95. The maximum Gasteiger partial charge on any atom is 0.255 e. The second kappa shape index (κ2) is 10.4. The minimum atomic E-state index is -0.717. The number of benzene rings is 3. The Kier molecular flexibility index (Phi) is 7.39. The predicted molar refractivity (Wildman–Crippen MR) is 127 cm³/mol. The molecule has 1 unspecified atom stereocenters. The van der Waals surface area contributed by atoms with E-state index in [0.717, 1.165) is 5.56 Å². The number of rotatable bonds is 7. The van der Waals surface area contributed by atoms with Gasteiger partial charge in [0.15, 0.2) is 0 Å². The Morgan fingerprint density at radius 1 is 0.688 bits per heavy atom. The molecule has 0 aliphatic rings. The summed E-state index contributed by atoms with van der Waals surface area (Å²) in [5, 5.41) is 8.49. The molecule has 0 aromatic heterocycles. The highest BCUT2D eigenvalue weighted by Gasteiger charge is 2.25. The third-order valence-corrected chi connectivity index (χ3v) is 4.94. The van der Waals surface area contributed by atoms with Gasteiger partial charge >= 0.3 is 0 Å². The molecule has 0 saturated heterocycles. The number of nitrogens with one attached hydrogen (secondary N) is 3. The summed E-state index contributed by atoms with van der Waals surface area (Å²) in [6.07, 6.45) is 0. The third-order valence-electron chi connectivity index (χ3n) is 4.94. The van der Waals surface area contributed by atoms with E-state index in [-0.39, 0.29) is 23.6 Å². The molecule has 3 aromatic rings. The van der Waals surface area contributed by atoms with Crippen LogP contribution < -0.4 is 16.0 Å². The van der Waals surface area contributed by atoms with Gasteiger partial charge in [-0.2, -0.15) is 0 Å². The lowest BCUT2D eigenvalue weighted by atomic mass is 10.0. The quantitative estimate of drug-likeness (QED) is 0.511. The number of hydrogen-bond donors (Lipinski definition) is 3. The molecule has 6 heteroatoms. The van der Waals surface area contributed by atoms with Gasteiger partial charge in [0.2, 0.25) is 5.91 Å². The Balaban J connectivity index is 1.68. The minimum absolute atomic E-state index is 0.121. The number of aryl methyl sites for hydroxylation is 1. The van der Waals surface area contributed by atoms with Gasteiger partial charge in [0.25, 0.3) is 11.8 Å². The van der Waals surface area contributed by atoms with E-state index >= 15 is 0 Å². The largest absolute Gasteiger partial charge is 0.340 e. The highest BCUT2D eigenvalue weighted by molar-refractivity contribution is 6.05. The van der Waals surface area contributed by atoms with Crippen LogP contribution in [0.5, 0.6) is 0 Å². The van der Waals surface area contributed by atoms with Crippen molar-refractivity contribution in [1.29, 1.82) is 0 Å². The van der Waals surface area contributed by atoms with Crippen LogP contribution in [0.1, 0.15) is 40.1 Å². The van der Waals surface area contributed by atoms with Crippen molar-refractivity contribution in [2.24, 2.45) is 5.92 Å². The van der Waals surface area contributed by atoms with Crippen molar-refractivity contribution in [2.75, 3.05) is 10.6 Å². The van der Waals surface area contributed by atoms with Gasteiger partial charge in [-0.15, -0.1) is 0 Å². The lowest BCUT2D eigenvalue weighted by Crippen LogP contribution is -2.47. The summed E-state index contributed by atoms with van der Waals surface area (Å²) in [7, 11) is 0. The predicted octanol–water partition coefficient (Wildman–Crippen LogP) is 4.64. The van der Waals surface area contributed by atoms with E-state index < -0.39 is 6.04 Å². The molecule has 6 nitrogen and oxygen atoms in total. The van der Waals surface area contributed by atoms with Crippen molar-refractivity contribution in [3.63, 3.8) is 0 Å². The van der Waals surface area contributed by atoms with Crippen LogP contribution in [0, 0.1) is 12.8 Å². The zero-order valence-electron chi connectivity index (χ0n) is 18.4. The Hall–Kier alpha value is -3.93. The Bertz CT molecular complexity index is 1110. The molecule has 0 fully saturated rings. The van der Waals surface area contributed by atoms with Crippen molar-refractivity contribution in [1.82, 2.24) is 5.32 Å². The third kappa shape index (κ3) is 6.04. The molecule has 164 valence electrons. The molecule has 32 heavy (non-hydrogen) atoms. The van der Waals surface area contributed by atoms with Crippen molar-refractivity contribution < 1.29 is 14.4 Å². The molecule has 0 saturated carbocycles. The number of carbonyl (C=O) groups is 3. The first-order valence-corrected chi connectivity index (χ1v) is 10.5. The lowest BCUT2D eigenvalue weighted by Gasteiger charge is -2.22. The Morgan fingerprint density at radius 2 is 1.31 bits per heavy atom. The fourth-order valence-corrected chi connectivity index (χ4v) is 3.23. The van der Waals surface area contributed by atoms with E-state index in [1.54, 1.807) is 60.7 Å². The Morgan fingerprint density at radius 3 is 1.97 bits per heavy atom. The smallest absolute Gasteiger partial charge is 0.255 e. The van der Waals surface area contributed by atoms with E-state index in [0.29, 0.717) is 22.5 Å². The van der Waals surface area contributed by atoms with E-state index in [1.807, 2.05) is 39.0 Å². The molecular formula is C26H27N3O3. The highest BCUT2D eigenvalue weighted by atomic mass is 16.2. The van der Waals surface area contributed by atoms with E-state index in [1.165, 1.54) is 0 Å². The summed E-state index contributed by atoms with van der Waals surface area (Å²) in [6, 6.07) is 22.3. The molecule has 3 N–H and O–H groups in total. The van der Waals surface area contributed by atoms with E-state index in [2.05, 4.69) is 16.0 Å². The summed E-state index contributed by atoms with van der Waals surface area (Å²) in [5.74, 6) is -0.983. The first kappa shape index (κ1) is 22.7.